The van der Waals surface area contributed by atoms with Crippen LogP contribution >= 0.6 is 0 Å². The summed E-state index contributed by atoms with van der Waals surface area (Å²) in [4.78, 5) is 15.4. The van der Waals surface area contributed by atoms with Crippen LogP contribution in [0.15, 0.2) is 42.5 Å². The summed E-state index contributed by atoms with van der Waals surface area (Å²) in [5, 5.41) is -0.658. The van der Waals surface area contributed by atoms with Gasteiger partial charge in [-0.15, -0.1) is 0 Å². The van der Waals surface area contributed by atoms with E-state index >= 15 is 4.39 Å². The SMILES string of the molecule is COc1ccc(C2CC[C@H](C)N(Cc3ccc(N4CCN(C(C)=O)CC4)cc3F)S2(=O)=O)cc1. The van der Waals surface area contributed by atoms with E-state index in [9.17, 15) is 13.2 Å². The number of nitrogens with zero attached hydrogens (tertiary/aromatic N) is 3. The number of piperazine rings is 1. The summed E-state index contributed by atoms with van der Waals surface area (Å²) in [6.07, 6.45) is 1.23. The Labute approximate surface area is 201 Å². The van der Waals surface area contributed by atoms with E-state index in [4.69, 9.17) is 4.74 Å². The van der Waals surface area contributed by atoms with Crippen LogP contribution in [0.2, 0.25) is 0 Å². The number of carbonyl (C=O) groups is 1. The summed E-state index contributed by atoms with van der Waals surface area (Å²) < 4.78 is 48.8. The molecule has 0 aliphatic carbocycles. The van der Waals surface area contributed by atoms with E-state index in [1.165, 1.54) is 10.4 Å². The number of amides is 1. The molecule has 4 rings (SSSR count). The monoisotopic (exact) mass is 489 g/mol. The molecule has 9 heteroatoms. The standard InChI is InChI=1S/C25H32FN3O4S/c1-18-4-11-25(20-6-9-23(33-3)10-7-20)34(31,32)29(18)17-21-5-8-22(16-24(21)26)28-14-12-27(13-15-28)19(2)30/h5-10,16,18,25H,4,11-15,17H2,1-3H3/t18-,25?/m0/s1. The molecule has 2 aliphatic rings. The molecule has 0 spiro atoms. The van der Waals surface area contributed by atoms with Crippen LogP contribution in [-0.4, -0.2) is 62.9 Å². The van der Waals surface area contributed by atoms with Crippen LogP contribution in [0.1, 0.15) is 43.1 Å². The van der Waals surface area contributed by atoms with Gasteiger partial charge in [0.15, 0.2) is 0 Å². The molecule has 2 aromatic carbocycles. The number of benzene rings is 2. The minimum Gasteiger partial charge on any atom is -0.497 e. The first kappa shape index (κ1) is 24.5. The van der Waals surface area contributed by atoms with Crippen LogP contribution in [0.25, 0.3) is 0 Å². The topological polar surface area (TPSA) is 70.2 Å². The lowest BCUT2D eigenvalue weighted by molar-refractivity contribution is -0.129. The summed E-state index contributed by atoms with van der Waals surface area (Å²) >= 11 is 0. The quantitative estimate of drug-likeness (QED) is 0.642. The highest BCUT2D eigenvalue weighted by Crippen LogP contribution is 2.39. The van der Waals surface area contributed by atoms with Crippen LogP contribution in [0, 0.1) is 5.82 Å². The summed E-state index contributed by atoms with van der Waals surface area (Å²) in [5.74, 6) is 0.304. The van der Waals surface area contributed by atoms with Crippen molar-refractivity contribution >= 4 is 21.6 Å². The van der Waals surface area contributed by atoms with Crippen molar-refractivity contribution in [3.05, 3.63) is 59.4 Å². The molecule has 2 heterocycles. The molecule has 2 fully saturated rings. The van der Waals surface area contributed by atoms with Gasteiger partial charge in [-0.25, -0.2) is 12.8 Å². The van der Waals surface area contributed by atoms with Gasteiger partial charge in [-0.2, -0.15) is 4.31 Å². The minimum atomic E-state index is -3.67. The highest BCUT2D eigenvalue weighted by atomic mass is 32.2. The Morgan fingerprint density at radius 1 is 1.06 bits per heavy atom. The molecule has 1 unspecified atom stereocenters. The number of anilines is 1. The van der Waals surface area contributed by atoms with Crippen molar-refractivity contribution in [1.29, 1.82) is 0 Å². The first-order chi connectivity index (χ1) is 16.2. The van der Waals surface area contributed by atoms with Crippen molar-refractivity contribution in [3.63, 3.8) is 0 Å². The van der Waals surface area contributed by atoms with Gasteiger partial charge in [-0.1, -0.05) is 18.2 Å². The highest BCUT2D eigenvalue weighted by molar-refractivity contribution is 7.89. The van der Waals surface area contributed by atoms with Crippen LogP contribution in [-0.2, 0) is 21.4 Å². The third-order valence-electron chi connectivity index (χ3n) is 6.97. The molecule has 1 amide bonds. The fourth-order valence-electron chi connectivity index (χ4n) is 4.81. The molecule has 0 aromatic heterocycles. The van der Waals surface area contributed by atoms with Crippen molar-refractivity contribution in [2.45, 2.75) is 44.5 Å². The smallest absolute Gasteiger partial charge is 0.221 e. The first-order valence-corrected chi connectivity index (χ1v) is 13.1. The van der Waals surface area contributed by atoms with Crippen molar-refractivity contribution in [2.24, 2.45) is 0 Å². The van der Waals surface area contributed by atoms with E-state index in [1.54, 1.807) is 49.3 Å². The Bertz CT molecular complexity index is 1130. The second-order valence-corrected chi connectivity index (χ2v) is 11.1. The number of hydrogen-bond acceptors (Lipinski definition) is 5. The van der Waals surface area contributed by atoms with Gasteiger partial charge in [-0.3, -0.25) is 4.79 Å². The average molecular weight is 490 g/mol. The molecule has 34 heavy (non-hydrogen) atoms. The second-order valence-electron chi connectivity index (χ2n) is 9.05. The van der Waals surface area contributed by atoms with Crippen molar-refractivity contribution in [3.8, 4) is 5.75 Å². The Morgan fingerprint density at radius 3 is 2.32 bits per heavy atom. The fourth-order valence-corrected chi connectivity index (χ4v) is 7.00. The molecular weight excluding hydrogens is 457 g/mol. The number of hydrogen-bond donors (Lipinski definition) is 0. The maximum Gasteiger partial charge on any atom is 0.221 e. The summed E-state index contributed by atoms with van der Waals surface area (Å²) in [6.45, 7) is 5.92. The number of carbonyl (C=O) groups excluding carboxylic acids is 1. The summed E-state index contributed by atoms with van der Waals surface area (Å²) in [6, 6.07) is 11.9. The van der Waals surface area contributed by atoms with E-state index in [2.05, 4.69) is 0 Å². The van der Waals surface area contributed by atoms with Gasteiger partial charge in [0.05, 0.1) is 7.11 Å². The van der Waals surface area contributed by atoms with Gasteiger partial charge >= 0.3 is 0 Å². The molecular formula is C25H32FN3O4S. The largest absolute Gasteiger partial charge is 0.497 e. The van der Waals surface area contributed by atoms with E-state index in [0.717, 1.165) is 11.3 Å². The Hall–Kier alpha value is -2.65. The van der Waals surface area contributed by atoms with Crippen molar-refractivity contribution in [2.75, 3.05) is 38.2 Å². The summed E-state index contributed by atoms with van der Waals surface area (Å²) in [5.41, 5.74) is 1.82. The van der Waals surface area contributed by atoms with Gasteiger partial charge in [0, 0.05) is 56.9 Å². The number of methoxy groups -OCH3 is 1. The maximum absolute atomic E-state index is 15.1. The van der Waals surface area contributed by atoms with E-state index in [0.29, 0.717) is 50.3 Å². The molecule has 184 valence electrons. The van der Waals surface area contributed by atoms with Crippen LogP contribution in [0.3, 0.4) is 0 Å². The molecule has 2 saturated heterocycles. The van der Waals surface area contributed by atoms with Crippen LogP contribution in [0.5, 0.6) is 5.75 Å². The normalized spacial score (nSPS) is 23.1. The molecule has 0 bridgehead atoms. The van der Waals surface area contributed by atoms with Gasteiger partial charge < -0.3 is 14.5 Å². The number of rotatable bonds is 5. The third kappa shape index (κ3) is 4.90. The zero-order chi connectivity index (χ0) is 24.5. The number of halogens is 1. The molecule has 0 saturated carbocycles. The third-order valence-corrected chi connectivity index (χ3v) is 9.33. The van der Waals surface area contributed by atoms with Gasteiger partial charge in [0.1, 0.15) is 16.8 Å². The fraction of sp³-hybridized carbons (Fsp3) is 0.480. The maximum atomic E-state index is 15.1. The Balaban J connectivity index is 1.51. The summed E-state index contributed by atoms with van der Waals surface area (Å²) in [7, 11) is -2.10. The van der Waals surface area contributed by atoms with E-state index in [-0.39, 0.29) is 18.5 Å². The molecule has 2 atom stereocenters. The van der Waals surface area contributed by atoms with Gasteiger partial charge in [-0.05, 0) is 49.6 Å². The molecule has 7 nitrogen and oxygen atoms in total. The lowest BCUT2D eigenvalue weighted by atomic mass is 10.0. The Morgan fingerprint density at radius 2 is 1.74 bits per heavy atom. The first-order valence-electron chi connectivity index (χ1n) is 11.6. The highest BCUT2D eigenvalue weighted by Gasteiger charge is 2.40. The van der Waals surface area contributed by atoms with Crippen molar-refractivity contribution in [1.82, 2.24) is 9.21 Å². The predicted octanol–water partition coefficient (Wildman–Crippen LogP) is 3.56. The minimum absolute atomic E-state index is 0.000379. The molecule has 2 aromatic rings. The lowest BCUT2D eigenvalue weighted by Crippen LogP contribution is -2.48. The zero-order valence-electron chi connectivity index (χ0n) is 19.9. The van der Waals surface area contributed by atoms with E-state index < -0.39 is 21.1 Å². The van der Waals surface area contributed by atoms with Crippen molar-refractivity contribution < 1.29 is 22.3 Å². The zero-order valence-corrected chi connectivity index (χ0v) is 20.7. The average Bonchev–Trinajstić information content (AvgIpc) is 2.82. The molecule has 0 radical (unpaired) electrons. The van der Waals surface area contributed by atoms with Crippen LogP contribution in [0.4, 0.5) is 10.1 Å². The second kappa shape index (κ2) is 9.92. The lowest BCUT2D eigenvalue weighted by Gasteiger charge is -2.38. The van der Waals surface area contributed by atoms with E-state index in [1.807, 2.05) is 17.9 Å². The molecule has 2 aliphatic heterocycles. The molecule has 0 N–H and O–H groups in total. The van der Waals surface area contributed by atoms with Gasteiger partial charge in [0.25, 0.3) is 0 Å². The Kier molecular flexibility index (Phi) is 7.14. The van der Waals surface area contributed by atoms with Crippen LogP contribution < -0.4 is 9.64 Å². The number of sulfonamides is 1. The van der Waals surface area contributed by atoms with Gasteiger partial charge in [0.2, 0.25) is 15.9 Å². The number of ether oxygens (including phenoxy) is 1. The predicted molar refractivity (Wildman–Crippen MR) is 130 cm³/mol.